The summed E-state index contributed by atoms with van der Waals surface area (Å²) in [5.74, 6) is 0. The maximum absolute atomic E-state index is 11.8. The van der Waals surface area contributed by atoms with Crippen molar-refractivity contribution in [1.82, 2.24) is 19.2 Å². The largest absolute Gasteiger partial charge is 0.349 e. The third-order valence-corrected chi connectivity index (χ3v) is 2.06. The highest BCUT2D eigenvalue weighted by Crippen LogP contribution is 2.11. The van der Waals surface area contributed by atoms with Gasteiger partial charge in [0.05, 0.1) is 6.20 Å². The van der Waals surface area contributed by atoms with Gasteiger partial charge in [0.25, 0.3) is 0 Å². The maximum atomic E-state index is 11.8. The second-order valence-corrected chi connectivity index (χ2v) is 4.20. The van der Waals surface area contributed by atoms with Crippen molar-refractivity contribution in [3.63, 3.8) is 0 Å². The van der Waals surface area contributed by atoms with Gasteiger partial charge in [-0.1, -0.05) is 0 Å². The predicted molar refractivity (Wildman–Crippen MR) is 52.2 cm³/mol. The fraction of sp³-hybridized carbons (Fsp3) is 0.444. The molecule has 0 spiro atoms. The van der Waals surface area contributed by atoms with Gasteiger partial charge < -0.3 is 0 Å². The van der Waals surface area contributed by atoms with Crippen molar-refractivity contribution in [3.8, 4) is 0 Å². The number of rotatable bonds is 0. The quantitative estimate of drug-likeness (QED) is 0.615. The maximum Gasteiger partial charge on any atom is 0.349 e. The van der Waals surface area contributed by atoms with Crippen LogP contribution >= 0.6 is 0 Å². The molecule has 2 rings (SSSR count). The van der Waals surface area contributed by atoms with E-state index in [1.807, 2.05) is 20.8 Å². The van der Waals surface area contributed by atoms with Crippen LogP contribution in [0, 0.1) is 0 Å². The molecular weight excluding hydrogens is 180 g/mol. The third kappa shape index (κ3) is 1.21. The van der Waals surface area contributed by atoms with Crippen LogP contribution in [-0.2, 0) is 5.54 Å². The molecule has 0 amide bonds. The second-order valence-electron chi connectivity index (χ2n) is 4.20. The molecule has 74 valence electrons. The van der Waals surface area contributed by atoms with Crippen molar-refractivity contribution >= 4 is 5.52 Å². The summed E-state index contributed by atoms with van der Waals surface area (Å²) in [5, 5.41) is 3.89. The number of aromatic nitrogens is 4. The Kier molecular flexibility index (Phi) is 1.70. The van der Waals surface area contributed by atoms with Crippen molar-refractivity contribution in [2.75, 3.05) is 0 Å². The Morgan fingerprint density at radius 3 is 2.64 bits per heavy atom. The van der Waals surface area contributed by atoms with Crippen LogP contribution in [0.1, 0.15) is 20.8 Å². The lowest BCUT2D eigenvalue weighted by Crippen LogP contribution is -2.33. The second kappa shape index (κ2) is 2.67. The summed E-state index contributed by atoms with van der Waals surface area (Å²) in [4.78, 5) is 15.7. The average Bonchev–Trinajstić information content (AvgIpc) is 2.44. The molecule has 0 bridgehead atoms. The molecule has 0 aliphatic heterocycles. The molecule has 0 saturated carbocycles. The van der Waals surface area contributed by atoms with E-state index < -0.39 is 0 Å². The molecule has 0 fully saturated rings. The predicted octanol–water partition coefficient (Wildman–Crippen LogP) is 0.646. The van der Waals surface area contributed by atoms with E-state index in [0.717, 1.165) is 0 Å². The van der Waals surface area contributed by atoms with Crippen LogP contribution < -0.4 is 5.69 Å². The van der Waals surface area contributed by atoms with Gasteiger partial charge in [-0.15, -0.1) is 0 Å². The van der Waals surface area contributed by atoms with E-state index in [1.54, 1.807) is 17.0 Å². The van der Waals surface area contributed by atoms with Crippen LogP contribution in [0.15, 0.2) is 23.5 Å². The SMILES string of the molecule is CC(C)(C)n1cc2cncnn2c1=O. The summed E-state index contributed by atoms with van der Waals surface area (Å²) < 4.78 is 3.00. The van der Waals surface area contributed by atoms with Crippen LogP contribution in [0.3, 0.4) is 0 Å². The van der Waals surface area contributed by atoms with Crippen molar-refractivity contribution in [1.29, 1.82) is 0 Å². The van der Waals surface area contributed by atoms with Crippen LogP contribution in [-0.4, -0.2) is 19.2 Å². The van der Waals surface area contributed by atoms with E-state index >= 15 is 0 Å². The first kappa shape index (κ1) is 8.93. The van der Waals surface area contributed by atoms with E-state index in [1.165, 1.54) is 10.8 Å². The normalized spacial score (nSPS) is 12.2. The summed E-state index contributed by atoms with van der Waals surface area (Å²) in [6.45, 7) is 5.92. The minimum Gasteiger partial charge on any atom is -0.292 e. The van der Waals surface area contributed by atoms with Gasteiger partial charge in [0.2, 0.25) is 0 Å². The monoisotopic (exact) mass is 192 g/mol. The zero-order valence-corrected chi connectivity index (χ0v) is 8.43. The first-order valence-corrected chi connectivity index (χ1v) is 4.41. The van der Waals surface area contributed by atoms with Crippen LogP contribution in [0.25, 0.3) is 5.52 Å². The number of hydrogen-bond donors (Lipinski definition) is 0. The van der Waals surface area contributed by atoms with Gasteiger partial charge in [-0.25, -0.2) is 9.78 Å². The van der Waals surface area contributed by atoms with E-state index in [0.29, 0.717) is 5.52 Å². The molecule has 0 saturated heterocycles. The topological polar surface area (TPSA) is 52.2 Å². The van der Waals surface area contributed by atoms with Gasteiger partial charge in [0.15, 0.2) is 0 Å². The summed E-state index contributed by atoms with van der Waals surface area (Å²) in [7, 11) is 0. The highest BCUT2D eigenvalue weighted by atomic mass is 16.2. The lowest BCUT2D eigenvalue weighted by molar-refractivity contribution is 0.382. The molecule has 0 unspecified atom stereocenters. The number of fused-ring (bicyclic) bond motifs is 1. The minimum absolute atomic E-state index is 0.130. The van der Waals surface area contributed by atoms with Gasteiger partial charge in [-0.3, -0.25) is 4.57 Å². The lowest BCUT2D eigenvalue weighted by atomic mass is 10.1. The minimum atomic E-state index is -0.231. The van der Waals surface area contributed by atoms with E-state index in [9.17, 15) is 4.79 Å². The molecule has 0 atom stereocenters. The molecule has 0 aliphatic rings. The smallest absolute Gasteiger partial charge is 0.292 e. The molecule has 2 aromatic heterocycles. The molecule has 5 nitrogen and oxygen atoms in total. The number of nitrogens with zero attached hydrogens (tertiary/aromatic N) is 4. The summed E-state index contributed by atoms with van der Waals surface area (Å²) >= 11 is 0. The van der Waals surface area contributed by atoms with Crippen LogP contribution in [0.2, 0.25) is 0 Å². The fourth-order valence-electron chi connectivity index (χ4n) is 1.33. The van der Waals surface area contributed by atoms with Crippen molar-refractivity contribution in [2.24, 2.45) is 0 Å². The Labute approximate surface area is 81.0 Å². The first-order chi connectivity index (χ1) is 6.50. The van der Waals surface area contributed by atoms with Crippen molar-refractivity contribution in [2.45, 2.75) is 26.3 Å². The third-order valence-electron chi connectivity index (χ3n) is 2.06. The van der Waals surface area contributed by atoms with Crippen molar-refractivity contribution in [3.05, 3.63) is 29.2 Å². The molecule has 0 aliphatic carbocycles. The zero-order chi connectivity index (χ0) is 10.3. The number of imidazole rings is 1. The lowest BCUT2D eigenvalue weighted by Gasteiger charge is -2.18. The zero-order valence-electron chi connectivity index (χ0n) is 8.43. The van der Waals surface area contributed by atoms with Gasteiger partial charge >= 0.3 is 5.69 Å². The Morgan fingerprint density at radius 2 is 2.07 bits per heavy atom. The Balaban J connectivity index is 2.82. The summed E-state index contributed by atoms with van der Waals surface area (Å²) in [6, 6.07) is 0. The van der Waals surface area contributed by atoms with Gasteiger partial charge in [0.1, 0.15) is 11.8 Å². The van der Waals surface area contributed by atoms with E-state index in [4.69, 9.17) is 0 Å². The highest BCUT2D eigenvalue weighted by molar-refractivity contribution is 5.40. The highest BCUT2D eigenvalue weighted by Gasteiger charge is 2.17. The molecule has 0 aromatic carbocycles. The Hall–Kier alpha value is -1.65. The molecule has 2 heterocycles. The molecule has 0 radical (unpaired) electrons. The van der Waals surface area contributed by atoms with Crippen LogP contribution in [0.5, 0.6) is 0 Å². The first-order valence-electron chi connectivity index (χ1n) is 4.41. The van der Waals surface area contributed by atoms with E-state index in [-0.39, 0.29) is 11.2 Å². The average molecular weight is 192 g/mol. The van der Waals surface area contributed by atoms with Crippen molar-refractivity contribution < 1.29 is 0 Å². The summed E-state index contributed by atoms with van der Waals surface area (Å²) in [5.41, 5.74) is 0.354. The van der Waals surface area contributed by atoms with Gasteiger partial charge in [-0.2, -0.15) is 9.61 Å². The van der Waals surface area contributed by atoms with Gasteiger partial charge in [-0.05, 0) is 20.8 Å². The number of hydrogen-bond acceptors (Lipinski definition) is 3. The summed E-state index contributed by atoms with van der Waals surface area (Å²) in [6.07, 6.45) is 4.75. The van der Waals surface area contributed by atoms with Gasteiger partial charge in [0, 0.05) is 11.7 Å². The Bertz CT molecular complexity index is 517. The van der Waals surface area contributed by atoms with E-state index in [2.05, 4.69) is 10.1 Å². The molecule has 2 aromatic rings. The van der Waals surface area contributed by atoms with Crippen LogP contribution in [0.4, 0.5) is 0 Å². The molecule has 5 heteroatoms. The Morgan fingerprint density at radius 1 is 1.36 bits per heavy atom. The standard InChI is InChI=1S/C9H12N4O/c1-9(2,3)12-5-7-4-10-6-11-13(7)8(12)14/h4-6H,1-3H3. The molecular formula is C9H12N4O. The molecule has 14 heavy (non-hydrogen) atoms. The molecule has 0 N–H and O–H groups in total. The fourth-order valence-corrected chi connectivity index (χ4v) is 1.33.